The van der Waals surface area contributed by atoms with Gasteiger partial charge in [0.2, 0.25) is 15.9 Å². The molecule has 2 aromatic carbocycles. The van der Waals surface area contributed by atoms with Crippen LogP contribution in [-0.2, 0) is 14.8 Å². The number of piperidine rings is 1. The lowest BCUT2D eigenvalue weighted by molar-refractivity contribution is -0.114. The molecule has 4 rings (SSSR count). The van der Waals surface area contributed by atoms with Crippen molar-refractivity contribution in [1.29, 1.82) is 0 Å². The van der Waals surface area contributed by atoms with Crippen molar-refractivity contribution in [1.82, 2.24) is 9.29 Å². The van der Waals surface area contributed by atoms with E-state index in [0.29, 0.717) is 23.1 Å². The van der Waals surface area contributed by atoms with Crippen molar-refractivity contribution in [3.8, 4) is 11.1 Å². The number of sulfonamides is 1. The molecule has 1 N–H and O–H groups in total. The van der Waals surface area contributed by atoms with Crippen molar-refractivity contribution >= 4 is 42.6 Å². The van der Waals surface area contributed by atoms with Crippen LogP contribution in [0.5, 0.6) is 0 Å². The molecular formula is C21H25N3O3S2. The summed E-state index contributed by atoms with van der Waals surface area (Å²) in [5, 5.41) is 3.26. The second-order valence-electron chi connectivity index (χ2n) is 6.88. The van der Waals surface area contributed by atoms with Gasteiger partial charge in [-0.25, -0.2) is 13.4 Å². The Kier molecular flexibility index (Phi) is 6.36. The first-order valence-electron chi connectivity index (χ1n) is 9.22. The summed E-state index contributed by atoms with van der Waals surface area (Å²) in [6.07, 6.45) is 2.91. The van der Waals surface area contributed by atoms with Gasteiger partial charge in [-0.3, -0.25) is 4.79 Å². The molecule has 8 heteroatoms. The van der Waals surface area contributed by atoms with Gasteiger partial charge in [0, 0.05) is 20.0 Å². The Hall–Kier alpha value is -2.29. The molecule has 1 amide bonds. The third-order valence-electron chi connectivity index (χ3n) is 4.79. The van der Waals surface area contributed by atoms with Crippen molar-refractivity contribution in [2.75, 3.05) is 18.4 Å². The molecule has 154 valence electrons. The molecule has 1 aliphatic heterocycles. The van der Waals surface area contributed by atoms with Gasteiger partial charge in [0.1, 0.15) is 0 Å². The third-order valence-corrected chi connectivity index (χ3v) is 7.62. The van der Waals surface area contributed by atoms with Crippen LogP contribution in [0, 0.1) is 0 Å². The molecule has 0 aliphatic carbocycles. The highest BCUT2D eigenvalue weighted by atomic mass is 32.2. The number of carbonyl (C=O) groups is 1. The molecule has 2 heterocycles. The van der Waals surface area contributed by atoms with Gasteiger partial charge in [-0.15, -0.1) is 0 Å². The summed E-state index contributed by atoms with van der Waals surface area (Å²) in [6.45, 7) is 2.63. The number of anilines is 1. The number of nitrogens with one attached hydrogen (secondary N) is 1. The van der Waals surface area contributed by atoms with Crippen molar-refractivity contribution in [2.24, 2.45) is 0 Å². The second-order valence-corrected chi connectivity index (χ2v) is 9.84. The van der Waals surface area contributed by atoms with Gasteiger partial charge in [0.15, 0.2) is 5.13 Å². The molecule has 0 saturated carbocycles. The van der Waals surface area contributed by atoms with E-state index in [9.17, 15) is 13.2 Å². The van der Waals surface area contributed by atoms with Gasteiger partial charge in [-0.05, 0) is 48.2 Å². The number of rotatable bonds is 4. The Bertz CT molecular complexity index is 1130. The summed E-state index contributed by atoms with van der Waals surface area (Å²) in [5.41, 5.74) is 2.56. The molecule has 0 spiro atoms. The van der Waals surface area contributed by atoms with E-state index in [4.69, 9.17) is 0 Å². The third kappa shape index (κ3) is 4.49. The zero-order valence-electron chi connectivity index (χ0n) is 15.5. The molecule has 1 saturated heterocycles. The number of nitrogens with zero attached hydrogens (tertiary/aromatic N) is 2. The minimum atomic E-state index is -3.47. The summed E-state index contributed by atoms with van der Waals surface area (Å²) < 4.78 is 28.5. The van der Waals surface area contributed by atoms with Gasteiger partial charge in [0.05, 0.1) is 15.1 Å². The largest absolute Gasteiger partial charge is 0.302 e. The summed E-state index contributed by atoms with van der Waals surface area (Å²) in [6, 6.07) is 12.9. The number of thiazole rings is 1. The minimum Gasteiger partial charge on any atom is -0.302 e. The van der Waals surface area contributed by atoms with Crippen LogP contribution in [0.25, 0.3) is 21.3 Å². The predicted molar refractivity (Wildman–Crippen MR) is 119 cm³/mol. The van der Waals surface area contributed by atoms with Crippen LogP contribution >= 0.6 is 11.3 Å². The fraction of sp³-hybridized carbons (Fsp3) is 0.333. The first-order chi connectivity index (χ1) is 13.4. The highest BCUT2D eigenvalue weighted by Crippen LogP contribution is 2.32. The summed E-state index contributed by atoms with van der Waals surface area (Å²) in [5.74, 6) is -0.157. The van der Waals surface area contributed by atoms with Crippen LogP contribution < -0.4 is 5.32 Å². The molecule has 1 aliphatic rings. The van der Waals surface area contributed by atoms with Gasteiger partial charge >= 0.3 is 0 Å². The van der Waals surface area contributed by atoms with Gasteiger partial charge < -0.3 is 5.32 Å². The molecule has 1 fully saturated rings. The molecule has 3 aromatic rings. The van der Waals surface area contributed by atoms with E-state index < -0.39 is 10.0 Å². The average molecular weight is 432 g/mol. The number of benzene rings is 2. The van der Waals surface area contributed by atoms with Crippen LogP contribution in [0.3, 0.4) is 0 Å². The predicted octanol–water partition coefficient (Wildman–Crippen LogP) is 4.73. The average Bonchev–Trinajstić information content (AvgIpc) is 3.09. The first kappa shape index (κ1) is 21.4. The maximum atomic E-state index is 13.0. The lowest BCUT2D eigenvalue weighted by Gasteiger charge is -2.26. The monoisotopic (exact) mass is 431 g/mol. The summed E-state index contributed by atoms with van der Waals surface area (Å²) >= 11 is 1.40. The number of carbonyl (C=O) groups excluding carboxylic acids is 1. The van der Waals surface area contributed by atoms with Gasteiger partial charge in [-0.1, -0.05) is 43.4 Å². The normalized spacial score (nSPS) is 15.1. The fourth-order valence-electron chi connectivity index (χ4n) is 3.40. The van der Waals surface area contributed by atoms with Gasteiger partial charge in [-0.2, -0.15) is 4.31 Å². The summed E-state index contributed by atoms with van der Waals surface area (Å²) in [4.78, 5) is 16.0. The number of hydrogen-bond donors (Lipinski definition) is 1. The SMILES string of the molecule is C.CC(=O)Nc1nc2ccc(-c3cccc(S(=O)(=O)N4CCCCC4)c3)cc2s1. The number of fused-ring (bicyclic) bond motifs is 1. The Morgan fingerprint density at radius 3 is 2.52 bits per heavy atom. The Morgan fingerprint density at radius 1 is 1.07 bits per heavy atom. The smallest absolute Gasteiger partial charge is 0.243 e. The zero-order valence-corrected chi connectivity index (χ0v) is 17.1. The quantitative estimate of drug-likeness (QED) is 0.647. The van der Waals surface area contributed by atoms with Crippen molar-refractivity contribution < 1.29 is 13.2 Å². The standard InChI is InChI=1S/C20H21N3O3S2.CH4/c1-14(24)21-20-22-18-9-8-16(13-19(18)27-20)15-6-5-7-17(12-15)28(25,26)23-10-3-2-4-11-23;/h5-9,12-13H,2-4,10-11H2,1H3,(H,21,22,24);1H4. The highest BCUT2D eigenvalue weighted by molar-refractivity contribution is 7.89. The van der Waals surface area contributed by atoms with E-state index in [1.165, 1.54) is 18.3 Å². The lowest BCUT2D eigenvalue weighted by atomic mass is 10.1. The number of hydrogen-bond acceptors (Lipinski definition) is 5. The van der Waals surface area contributed by atoms with Crippen LogP contribution in [0.4, 0.5) is 5.13 Å². The van der Waals surface area contributed by atoms with Crippen molar-refractivity contribution in [3.05, 3.63) is 42.5 Å². The van der Waals surface area contributed by atoms with Crippen LogP contribution in [0.2, 0.25) is 0 Å². The van der Waals surface area contributed by atoms with E-state index in [1.54, 1.807) is 22.5 Å². The summed E-state index contributed by atoms with van der Waals surface area (Å²) in [7, 11) is -3.47. The Balaban J connectivity index is 0.00000240. The van der Waals surface area contributed by atoms with Crippen molar-refractivity contribution in [2.45, 2.75) is 38.5 Å². The molecule has 29 heavy (non-hydrogen) atoms. The Morgan fingerprint density at radius 2 is 1.79 bits per heavy atom. The maximum Gasteiger partial charge on any atom is 0.243 e. The van der Waals surface area contributed by atoms with Crippen LogP contribution in [0.15, 0.2) is 47.4 Å². The topological polar surface area (TPSA) is 79.4 Å². The van der Waals surface area contributed by atoms with E-state index >= 15 is 0 Å². The van der Waals surface area contributed by atoms with Crippen LogP contribution in [-0.4, -0.2) is 36.7 Å². The van der Waals surface area contributed by atoms with Gasteiger partial charge in [0.25, 0.3) is 0 Å². The molecule has 0 bridgehead atoms. The first-order valence-corrected chi connectivity index (χ1v) is 11.5. The highest BCUT2D eigenvalue weighted by Gasteiger charge is 2.26. The Labute approximate surface area is 175 Å². The molecule has 6 nitrogen and oxygen atoms in total. The molecule has 0 unspecified atom stereocenters. The maximum absolute atomic E-state index is 13.0. The van der Waals surface area contributed by atoms with E-state index in [0.717, 1.165) is 40.6 Å². The zero-order chi connectivity index (χ0) is 19.7. The van der Waals surface area contributed by atoms with E-state index in [1.807, 2.05) is 24.3 Å². The van der Waals surface area contributed by atoms with Crippen molar-refractivity contribution in [3.63, 3.8) is 0 Å². The fourth-order valence-corrected chi connectivity index (χ4v) is 5.91. The molecule has 1 aromatic heterocycles. The van der Waals surface area contributed by atoms with E-state index in [-0.39, 0.29) is 13.3 Å². The van der Waals surface area contributed by atoms with Crippen LogP contribution in [0.1, 0.15) is 33.6 Å². The minimum absolute atomic E-state index is 0. The molecular weight excluding hydrogens is 406 g/mol. The molecule has 0 radical (unpaired) electrons. The molecule has 0 atom stereocenters. The number of amides is 1. The number of aromatic nitrogens is 1. The van der Waals surface area contributed by atoms with E-state index in [2.05, 4.69) is 10.3 Å². The second kappa shape index (κ2) is 8.61. The lowest BCUT2D eigenvalue weighted by Crippen LogP contribution is -2.35.